The quantitative estimate of drug-likeness (QED) is 0.523. The van der Waals surface area contributed by atoms with Gasteiger partial charge >= 0.3 is 6.03 Å². The number of hydrogen-bond donors (Lipinski definition) is 1. The Hall–Kier alpha value is -3.54. The number of amides is 3. The van der Waals surface area contributed by atoms with Crippen LogP contribution in [0.3, 0.4) is 0 Å². The minimum atomic E-state index is -0.278. The number of carbonyl (C=O) groups excluding carboxylic acids is 2. The molecule has 0 aliphatic heterocycles. The lowest BCUT2D eigenvalue weighted by molar-refractivity contribution is -0.133. The average molecular weight is 447 g/mol. The van der Waals surface area contributed by atoms with Crippen LogP contribution in [-0.4, -0.2) is 38.9 Å². The van der Waals surface area contributed by atoms with E-state index in [2.05, 4.69) is 5.32 Å². The molecule has 3 rings (SSSR count). The van der Waals surface area contributed by atoms with Gasteiger partial charge in [-0.1, -0.05) is 36.4 Å². The summed E-state index contributed by atoms with van der Waals surface area (Å²) in [6, 6.07) is 19.3. The Morgan fingerprint density at radius 3 is 2.27 bits per heavy atom. The second kappa shape index (κ2) is 10.9. The van der Waals surface area contributed by atoms with Crippen molar-refractivity contribution in [3.63, 3.8) is 0 Å². The number of aryl methyl sites for hydroxylation is 3. The molecule has 1 aromatic heterocycles. The van der Waals surface area contributed by atoms with Crippen LogP contribution in [0, 0.1) is 13.8 Å². The van der Waals surface area contributed by atoms with Crippen LogP contribution < -0.4 is 5.32 Å². The van der Waals surface area contributed by atoms with Gasteiger partial charge in [0.05, 0.1) is 6.54 Å². The minimum absolute atomic E-state index is 0.00556. The number of carbonyl (C=O) groups is 2. The van der Waals surface area contributed by atoms with Crippen LogP contribution in [0.2, 0.25) is 0 Å². The van der Waals surface area contributed by atoms with Crippen molar-refractivity contribution < 1.29 is 9.59 Å². The number of nitrogens with zero attached hydrogens (tertiary/aromatic N) is 3. The summed E-state index contributed by atoms with van der Waals surface area (Å²) in [5.74, 6) is -0.0935. The number of urea groups is 1. The van der Waals surface area contributed by atoms with Crippen LogP contribution in [0.25, 0.3) is 0 Å². The third-order valence-electron chi connectivity index (χ3n) is 5.92. The molecule has 3 amide bonds. The average Bonchev–Trinajstić information content (AvgIpc) is 3.18. The first-order chi connectivity index (χ1) is 15.7. The molecular formula is C27H34N4O2. The van der Waals surface area contributed by atoms with E-state index in [1.165, 1.54) is 5.56 Å². The molecule has 0 aliphatic carbocycles. The molecule has 0 saturated heterocycles. The second-order valence-electron chi connectivity index (χ2n) is 8.80. The Labute approximate surface area is 196 Å². The SMILES string of the molecule is Cc1ccc(NC(=O)N(CC(=O)N(Cc2ccccc2)Cc2cccn2C)C(C)C)cc1C. The van der Waals surface area contributed by atoms with Crippen LogP contribution in [0.1, 0.15) is 36.2 Å². The fraction of sp³-hybridized carbons (Fsp3) is 0.333. The van der Waals surface area contributed by atoms with Crippen molar-refractivity contribution in [2.45, 2.75) is 46.8 Å². The van der Waals surface area contributed by atoms with Gasteiger partial charge in [-0.25, -0.2) is 4.79 Å². The van der Waals surface area contributed by atoms with Crippen molar-refractivity contribution in [2.75, 3.05) is 11.9 Å². The van der Waals surface area contributed by atoms with Crippen LogP contribution in [0.4, 0.5) is 10.5 Å². The molecule has 0 atom stereocenters. The van der Waals surface area contributed by atoms with E-state index in [0.717, 1.165) is 22.5 Å². The van der Waals surface area contributed by atoms with Crippen molar-refractivity contribution >= 4 is 17.6 Å². The molecule has 0 aliphatic rings. The maximum Gasteiger partial charge on any atom is 0.322 e. The number of aromatic nitrogens is 1. The third kappa shape index (κ3) is 6.48. The molecule has 0 spiro atoms. The molecule has 3 aromatic rings. The smallest absolute Gasteiger partial charge is 0.322 e. The summed E-state index contributed by atoms with van der Waals surface area (Å²) in [5, 5.41) is 2.95. The first-order valence-electron chi connectivity index (χ1n) is 11.3. The molecule has 174 valence electrons. The summed E-state index contributed by atoms with van der Waals surface area (Å²) in [6.07, 6.45) is 1.97. The summed E-state index contributed by atoms with van der Waals surface area (Å²) < 4.78 is 2.01. The monoisotopic (exact) mass is 446 g/mol. The lowest BCUT2D eigenvalue weighted by atomic mass is 10.1. The molecule has 6 nitrogen and oxygen atoms in total. The second-order valence-corrected chi connectivity index (χ2v) is 8.80. The van der Waals surface area contributed by atoms with Crippen LogP contribution >= 0.6 is 0 Å². The van der Waals surface area contributed by atoms with Gasteiger partial charge in [0.25, 0.3) is 0 Å². The van der Waals surface area contributed by atoms with E-state index in [-0.39, 0.29) is 24.5 Å². The van der Waals surface area contributed by atoms with Gasteiger partial charge in [0, 0.05) is 37.2 Å². The molecule has 0 fully saturated rings. The van der Waals surface area contributed by atoms with Crippen molar-refractivity contribution in [1.29, 1.82) is 0 Å². The topological polar surface area (TPSA) is 57.6 Å². The van der Waals surface area contributed by atoms with E-state index in [0.29, 0.717) is 13.1 Å². The molecule has 0 unspecified atom stereocenters. The molecule has 0 radical (unpaired) electrons. The van der Waals surface area contributed by atoms with Gasteiger partial charge in [0.2, 0.25) is 5.91 Å². The van der Waals surface area contributed by atoms with Crippen molar-refractivity contribution in [2.24, 2.45) is 7.05 Å². The largest absolute Gasteiger partial charge is 0.353 e. The highest BCUT2D eigenvalue weighted by molar-refractivity contribution is 5.92. The maximum absolute atomic E-state index is 13.5. The number of benzene rings is 2. The van der Waals surface area contributed by atoms with E-state index in [9.17, 15) is 9.59 Å². The highest BCUT2D eigenvalue weighted by atomic mass is 16.2. The van der Waals surface area contributed by atoms with Crippen molar-refractivity contribution in [1.82, 2.24) is 14.4 Å². The molecular weight excluding hydrogens is 412 g/mol. The lowest BCUT2D eigenvalue weighted by Gasteiger charge is -2.30. The predicted molar refractivity (Wildman–Crippen MR) is 133 cm³/mol. The summed E-state index contributed by atoms with van der Waals surface area (Å²) >= 11 is 0. The van der Waals surface area contributed by atoms with Crippen LogP contribution in [0.15, 0.2) is 66.9 Å². The number of anilines is 1. The van der Waals surface area contributed by atoms with Gasteiger partial charge in [0.15, 0.2) is 0 Å². The normalized spacial score (nSPS) is 10.8. The van der Waals surface area contributed by atoms with Crippen molar-refractivity contribution in [3.05, 3.63) is 89.2 Å². The molecule has 6 heteroatoms. The Morgan fingerprint density at radius 2 is 1.67 bits per heavy atom. The fourth-order valence-electron chi connectivity index (χ4n) is 3.64. The van der Waals surface area contributed by atoms with Crippen LogP contribution in [0.5, 0.6) is 0 Å². The lowest BCUT2D eigenvalue weighted by Crippen LogP contribution is -2.47. The van der Waals surface area contributed by atoms with Gasteiger partial charge in [-0.3, -0.25) is 4.79 Å². The zero-order valence-corrected chi connectivity index (χ0v) is 20.2. The zero-order chi connectivity index (χ0) is 24.0. The fourth-order valence-corrected chi connectivity index (χ4v) is 3.64. The molecule has 1 N–H and O–H groups in total. The zero-order valence-electron chi connectivity index (χ0n) is 20.2. The van der Waals surface area contributed by atoms with Gasteiger partial charge in [-0.05, 0) is 68.7 Å². The first-order valence-corrected chi connectivity index (χ1v) is 11.3. The van der Waals surface area contributed by atoms with Gasteiger partial charge in [-0.2, -0.15) is 0 Å². The third-order valence-corrected chi connectivity index (χ3v) is 5.92. The minimum Gasteiger partial charge on any atom is -0.353 e. The first kappa shape index (κ1) is 24.1. The van der Waals surface area contributed by atoms with E-state index in [1.807, 2.05) is 111 Å². The standard InChI is InChI=1S/C27H34N4O2/c1-20(2)31(27(33)28-24-14-13-21(3)22(4)16-24)19-26(32)30(17-23-10-7-6-8-11-23)18-25-12-9-15-29(25)5/h6-16,20H,17-19H2,1-5H3,(H,28,33). The van der Waals surface area contributed by atoms with Crippen LogP contribution in [-0.2, 0) is 24.9 Å². The molecule has 2 aromatic carbocycles. The highest BCUT2D eigenvalue weighted by Crippen LogP contribution is 2.16. The van der Waals surface area contributed by atoms with Crippen molar-refractivity contribution in [3.8, 4) is 0 Å². The van der Waals surface area contributed by atoms with E-state index >= 15 is 0 Å². The Bertz CT molecular complexity index is 1090. The highest BCUT2D eigenvalue weighted by Gasteiger charge is 2.24. The van der Waals surface area contributed by atoms with E-state index < -0.39 is 0 Å². The van der Waals surface area contributed by atoms with E-state index in [1.54, 1.807) is 4.90 Å². The molecule has 33 heavy (non-hydrogen) atoms. The summed E-state index contributed by atoms with van der Waals surface area (Å²) in [4.78, 5) is 29.9. The Balaban J connectivity index is 1.76. The summed E-state index contributed by atoms with van der Waals surface area (Å²) in [5.41, 5.74) is 5.09. The maximum atomic E-state index is 13.5. The Kier molecular flexibility index (Phi) is 7.93. The summed E-state index contributed by atoms with van der Waals surface area (Å²) in [7, 11) is 1.97. The number of nitrogens with one attached hydrogen (secondary N) is 1. The van der Waals surface area contributed by atoms with Gasteiger partial charge in [0.1, 0.15) is 6.54 Å². The molecule has 0 bridgehead atoms. The number of hydrogen-bond acceptors (Lipinski definition) is 2. The van der Waals surface area contributed by atoms with Gasteiger partial charge < -0.3 is 19.7 Å². The predicted octanol–water partition coefficient (Wildman–Crippen LogP) is 5.11. The molecule has 0 saturated carbocycles. The summed E-state index contributed by atoms with van der Waals surface area (Å²) in [6.45, 7) is 8.86. The number of rotatable bonds is 8. The Morgan fingerprint density at radius 1 is 0.939 bits per heavy atom. The van der Waals surface area contributed by atoms with E-state index in [4.69, 9.17) is 0 Å². The van der Waals surface area contributed by atoms with Gasteiger partial charge in [-0.15, -0.1) is 0 Å². The molecule has 1 heterocycles.